The van der Waals surface area contributed by atoms with Crippen LogP contribution in [0.2, 0.25) is 0 Å². The van der Waals surface area contributed by atoms with E-state index in [-0.39, 0.29) is 23.0 Å². The average molecular weight is 549 g/mol. The Hall–Kier alpha value is -1.51. The van der Waals surface area contributed by atoms with Gasteiger partial charge in [0.1, 0.15) is 5.78 Å². The van der Waals surface area contributed by atoms with Crippen LogP contribution in [-0.2, 0) is 28.6 Å². The largest absolute Gasteiger partial charge is 0.381 e. The van der Waals surface area contributed by atoms with Crippen LogP contribution in [0.5, 0.6) is 0 Å². The van der Waals surface area contributed by atoms with Crippen LogP contribution in [0, 0.1) is 5.41 Å². The molecule has 0 saturated carbocycles. The molecule has 0 radical (unpaired) electrons. The van der Waals surface area contributed by atoms with E-state index in [1.807, 2.05) is 34.6 Å². The molecule has 2 N–H and O–H groups in total. The van der Waals surface area contributed by atoms with Gasteiger partial charge in [0.2, 0.25) is 11.8 Å². The number of Topliss-reactive ketones (excluding diaryl/α,β-unsaturated/α-hetero) is 1. The van der Waals surface area contributed by atoms with Gasteiger partial charge in [-0.05, 0) is 33.1 Å². The number of unbranched alkanes of at least 4 members (excludes halogenated alkanes) is 3. The Balaban J connectivity index is -0.000000337. The first kappa shape index (κ1) is 43.5. The van der Waals surface area contributed by atoms with Gasteiger partial charge in [-0.2, -0.15) is 0 Å². The van der Waals surface area contributed by atoms with Gasteiger partial charge in [0.15, 0.2) is 0 Å². The number of carbonyl (C=O) groups is 3. The number of ketones is 1. The topological polar surface area (TPSA) is 103 Å². The van der Waals surface area contributed by atoms with Crippen LogP contribution in [0.25, 0.3) is 0 Å². The summed E-state index contributed by atoms with van der Waals surface area (Å²) in [5, 5.41) is 5.14. The number of nitrogens with one attached hydrogen (secondary N) is 2. The van der Waals surface area contributed by atoms with Gasteiger partial charge in [0.05, 0.1) is 19.8 Å². The molecule has 0 aromatic heterocycles. The van der Waals surface area contributed by atoms with Crippen LogP contribution in [0.3, 0.4) is 0 Å². The van der Waals surface area contributed by atoms with Crippen molar-refractivity contribution in [2.75, 3.05) is 52.7 Å². The summed E-state index contributed by atoms with van der Waals surface area (Å²) in [7, 11) is 0. The fraction of sp³-hybridized carbons (Fsp3) is 0.900. The predicted molar refractivity (Wildman–Crippen MR) is 160 cm³/mol. The maximum absolute atomic E-state index is 12.1. The molecule has 0 spiro atoms. The molecular formula is C30H64N2O6. The van der Waals surface area contributed by atoms with E-state index in [9.17, 15) is 14.4 Å². The van der Waals surface area contributed by atoms with Gasteiger partial charge in [-0.15, -0.1) is 0 Å². The highest BCUT2D eigenvalue weighted by Gasteiger charge is 2.34. The van der Waals surface area contributed by atoms with Crippen molar-refractivity contribution in [3.05, 3.63) is 0 Å². The minimum atomic E-state index is -0.345. The van der Waals surface area contributed by atoms with Crippen LogP contribution in [0.15, 0.2) is 0 Å². The van der Waals surface area contributed by atoms with Crippen molar-refractivity contribution < 1.29 is 28.6 Å². The number of rotatable bonds is 20. The molecule has 0 unspecified atom stereocenters. The fourth-order valence-corrected chi connectivity index (χ4v) is 2.92. The van der Waals surface area contributed by atoms with Gasteiger partial charge in [-0.3, -0.25) is 14.4 Å². The third-order valence-corrected chi connectivity index (χ3v) is 4.97. The normalized spacial score (nSPS) is 10.1. The molecule has 0 atom stereocenters. The second-order valence-electron chi connectivity index (χ2n) is 8.96. The summed E-state index contributed by atoms with van der Waals surface area (Å²) >= 11 is 0. The first-order valence-corrected chi connectivity index (χ1v) is 14.9. The summed E-state index contributed by atoms with van der Waals surface area (Å²) in [4.78, 5) is 32.0. The van der Waals surface area contributed by atoms with E-state index in [1.165, 1.54) is 13.8 Å². The molecule has 8 heteroatoms. The van der Waals surface area contributed by atoms with Gasteiger partial charge in [-0.1, -0.05) is 60.8 Å². The summed E-state index contributed by atoms with van der Waals surface area (Å²) < 4.78 is 17.7. The number of hydrogen-bond acceptors (Lipinski definition) is 6. The van der Waals surface area contributed by atoms with Crippen LogP contribution in [-0.4, -0.2) is 70.3 Å². The number of amides is 2. The van der Waals surface area contributed by atoms with E-state index in [4.69, 9.17) is 14.2 Å². The van der Waals surface area contributed by atoms with Crippen molar-refractivity contribution in [1.82, 2.24) is 10.6 Å². The quantitative estimate of drug-likeness (QED) is 0.178. The molecule has 0 heterocycles. The Morgan fingerprint density at radius 1 is 0.605 bits per heavy atom. The number of ether oxygens (including phenoxy) is 3. The maximum atomic E-state index is 12.1. The summed E-state index contributed by atoms with van der Waals surface area (Å²) in [6, 6.07) is 0. The molecule has 0 aromatic rings. The molecule has 38 heavy (non-hydrogen) atoms. The first-order valence-electron chi connectivity index (χ1n) is 14.9. The second-order valence-corrected chi connectivity index (χ2v) is 8.96. The minimum Gasteiger partial charge on any atom is -0.381 e. The van der Waals surface area contributed by atoms with Gasteiger partial charge in [0.25, 0.3) is 0 Å². The molecule has 0 aliphatic heterocycles. The monoisotopic (exact) mass is 548 g/mol. The summed E-state index contributed by atoms with van der Waals surface area (Å²) in [5.41, 5.74) is -0.345. The third-order valence-electron chi connectivity index (χ3n) is 4.97. The van der Waals surface area contributed by atoms with Crippen LogP contribution < -0.4 is 10.6 Å². The lowest BCUT2D eigenvalue weighted by Gasteiger charge is -2.33. The summed E-state index contributed by atoms with van der Waals surface area (Å²) in [6.07, 6.45) is 7.51. The standard InChI is InChI=1S/C20H40O4.2C4H9NO.C2H6/c1-5-9-12-22-16-20(15-19(21)8-4,17-23-13-10-6-2)18-24-14-11-7-3;2*1-3-5-4(2)6;1-2/h5-18H2,1-4H3;2*3H2,1-2H3,(H,5,6);1-2H3. The summed E-state index contributed by atoms with van der Waals surface area (Å²) in [5.74, 6) is 0.335. The van der Waals surface area contributed by atoms with Gasteiger partial charge >= 0.3 is 0 Å². The van der Waals surface area contributed by atoms with Gasteiger partial charge in [0, 0.05) is 65.0 Å². The van der Waals surface area contributed by atoms with Crippen molar-refractivity contribution in [2.24, 2.45) is 5.41 Å². The molecule has 0 saturated heterocycles. The Morgan fingerprint density at radius 3 is 1.11 bits per heavy atom. The van der Waals surface area contributed by atoms with Crippen molar-refractivity contribution >= 4 is 17.6 Å². The van der Waals surface area contributed by atoms with E-state index < -0.39 is 0 Å². The molecule has 0 aliphatic carbocycles. The predicted octanol–water partition coefficient (Wildman–Crippen LogP) is 6.10. The van der Waals surface area contributed by atoms with Crippen molar-refractivity contribution in [3.63, 3.8) is 0 Å². The van der Waals surface area contributed by atoms with Crippen LogP contribution in [0.1, 0.15) is 121 Å². The number of hydrogen-bond donors (Lipinski definition) is 2. The molecule has 0 bridgehead atoms. The Morgan fingerprint density at radius 2 is 0.921 bits per heavy atom. The van der Waals surface area contributed by atoms with Crippen molar-refractivity contribution in [2.45, 2.75) is 121 Å². The molecule has 0 aromatic carbocycles. The lowest BCUT2D eigenvalue weighted by atomic mass is 9.84. The smallest absolute Gasteiger partial charge is 0.216 e. The van der Waals surface area contributed by atoms with E-state index in [1.54, 1.807) is 0 Å². The van der Waals surface area contributed by atoms with Gasteiger partial charge < -0.3 is 24.8 Å². The molecule has 8 nitrogen and oxygen atoms in total. The molecule has 230 valence electrons. The minimum absolute atomic E-state index is 0.0394. The lowest BCUT2D eigenvalue weighted by molar-refractivity contribution is -0.128. The van der Waals surface area contributed by atoms with Crippen molar-refractivity contribution in [1.29, 1.82) is 0 Å². The van der Waals surface area contributed by atoms with E-state index >= 15 is 0 Å². The SMILES string of the molecule is CC.CCCCOCC(COCCCC)(COCCCC)CC(=O)CC.CCNC(C)=O.CCNC(C)=O. The zero-order chi connectivity index (χ0) is 30.1. The first-order chi connectivity index (χ1) is 18.2. The molecule has 0 aliphatic rings. The average Bonchev–Trinajstić information content (AvgIpc) is 2.89. The molecule has 0 rings (SSSR count). The highest BCUT2D eigenvalue weighted by atomic mass is 16.5. The third kappa shape index (κ3) is 36.6. The molecular weight excluding hydrogens is 484 g/mol. The van der Waals surface area contributed by atoms with E-state index in [0.717, 1.165) is 71.4 Å². The highest BCUT2D eigenvalue weighted by molar-refractivity contribution is 5.78. The summed E-state index contributed by atoms with van der Waals surface area (Å²) in [6.45, 7) is 24.5. The zero-order valence-corrected chi connectivity index (χ0v) is 26.8. The molecule has 2 amide bonds. The van der Waals surface area contributed by atoms with E-state index in [0.29, 0.717) is 32.7 Å². The zero-order valence-electron chi connectivity index (χ0n) is 26.8. The highest BCUT2D eigenvalue weighted by Crippen LogP contribution is 2.26. The molecule has 0 fully saturated rings. The van der Waals surface area contributed by atoms with Crippen LogP contribution >= 0.6 is 0 Å². The second kappa shape index (κ2) is 35.5. The van der Waals surface area contributed by atoms with E-state index in [2.05, 4.69) is 31.4 Å². The maximum Gasteiger partial charge on any atom is 0.216 e. The number of carbonyl (C=O) groups excluding carboxylic acids is 3. The van der Waals surface area contributed by atoms with Crippen molar-refractivity contribution in [3.8, 4) is 0 Å². The fourth-order valence-electron chi connectivity index (χ4n) is 2.92. The Labute approximate surface area is 235 Å². The Bertz CT molecular complexity index is 468. The Kier molecular flexibility index (Phi) is 40.7. The van der Waals surface area contributed by atoms with Gasteiger partial charge in [-0.25, -0.2) is 0 Å². The lowest BCUT2D eigenvalue weighted by Crippen LogP contribution is -2.39. The van der Waals surface area contributed by atoms with Crippen LogP contribution in [0.4, 0.5) is 0 Å².